The molecule has 0 rings (SSSR count). The van der Waals surface area contributed by atoms with E-state index in [-0.39, 0.29) is 5.91 Å². The standard InChI is InChI=1S/C13H24N4O5/c1-6(11(20)14-5)15-12(21)7(2)16-13(22)10(8(3)18)17-9(4)19/h6-8,10,18H,1-5H3,(H,14,20)(H,15,21)(H,16,22)(H,17,19)/t6-,7-,8+,10-/m0/s1. The highest BCUT2D eigenvalue weighted by Gasteiger charge is 2.28. The Morgan fingerprint density at radius 2 is 1.27 bits per heavy atom. The number of hydrogen-bond acceptors (Lipinski definition) is 5. The summed E-state index contributed by atoms with van der Waals surface area (Å²) in [5.41, 5.74) is 0. The van der Waals surface area contributed by atoms with Gasteiger partial charge in [-0.15, -0.1) is 0 Å². The maximum Gasteiger partial charge on any atom is 0.245 e. The maximum absolute atomic E-state index is 12.0. The third-order valence-corrected chi connectivity index (χ3v) is 2.87. The summed E-state index contributed by atoms with van der Waals surface area (Å²) in [4.78, 5) is 46.2. The number of rotatable bonds is 7. The Balaban J connectivity index is 4.64. The van der Waals surface area contributed by atoms with Crippen molar-refractivity contribution in [3.8, 4) is 0 Å². The summed E-state index contributed by atoms with van der Waals surface area (Å²) in [6.45, 7) is 5.49. The molecular formula is C13H24N4O5. The lowest BCUT2D eigenvalue weighted by atomic mass is 10.1. The molecule has 22 heavy (non-hydrogen) atoms. The summed E-state index contributed by atoms with van der Waals surface area (Å²) in [6.07, 6.45) is -1.12. The molecule has 0 radical (unpaired) electrons. The molecule has 0 aromatic rings. The monoisotopic (exact) mass is 316 g/mol. The van der Waals surface area contributed by atoms with Crippen molar-refractivity contribution < 1.29 is 24.3 Å². The first-order valence-corrected chi connectivity index (χ1v) is 6.87. The van der Waals surface area contributed by atoms with E-state index in [2.05, 4.69) is 21.3 Å². The van der Waals surface area contributed by atoms with Crippen molar-refractivity contribution in [1.82, 2.24) is 21.3 Å². The molecule has 0 aromatic carbocycles. The van der Waals surface area contributed by atoms with E-state index in [1.165, 1.54) is 34.7 Å². The minimum Gasteiger partial charge on any atom is -0.391 e. The zero-order chi connectivity index (χ0) is 17.4. The minimum atomic E-state index is -1.16. The molecule has 0 saturated carbocycles. The zero-order valence-electron chi connectivity index (χ0n) is 13.4. The first-order valence-electron chi connectivity index (χ1n) is 6.87. The molecule has 0 spiro atoms. The SMILES string of the molecule is CNC(=O)[C@H](C)NC(=O)[C@H](C)NC(=O)[C@@H](NC(C)=O)[C@@H](C)O. The number of hydrogen-bond donors (Lipinski definition) is 5. The summed E-state index contributed by atoms with van der Waals surface area (Å²) in [6, 6.07) is -2.85. The Morgan fingerprint density at radius 3 is 1.68 bits per heavy atom. The Kier molecular flexibility index (Phi) is 8.10. The van der Waals surface area contributed by atoms with Crippen molar-refractivity contribution in [2.24, 2.45) is 0 Å². The Morgan fingerprint density at radius 1 is 0.818 bits per heavy atom. The van der Waals surface area contributed by atoms with Gasteiger partial charge in [0.25, 0.3) is 0 Å². The lowest BCUT2D eigenvalue weighted by molar-refractivity contribution is -0.134. The van der Waals surface area contributed by atoms with Crippen LogP contribution in [0.3, 0.4) is 0 Å². The lowest BCUT2D eigenvalue weighted by Gasteiger charge is -2.23. The van der Waals surface area contributed by atoms with Gasteiger partial charge in [0.2, 0.25) is 23.6 Å². The maximum atomic E-state index is 12.0. The van der Waals surface area contributed by atoms with Crippen LogP contribution in [0.15, 0.2) is 0 Å². The molecule has 0 heterocycles. The van der Waals surface area contributed by atoms with E-state index >= 15 is 0 Å². The van der Waals surface area contributed by atoms with E-state index in [1.54, 1.807) is 0 Å². The molecule has 0 saturated heterocycles. The van der Waals surface area contributed by atoms with Gasteiger partial charge in [-0.1, -0.05) is 0 Å². The molecule has 0 fully saturated rings. The van der Waals surface area contributed by atoms with Gasteiger partial charge < -0.3 is 26.4 Å². The van der Waals surface area contributed by atoms with Crippen LogP contribution in [0.5, 0.6) is 0 Å². The Labute approximate surface area is 129 Å². The topological polar surface area (TPSA) is 137 Å². The second kappa shape index (κ2) is 8.98. The van der Waals surface area contributed by atoms with Crippen LogP contribution in [0.2, 0.25) is 0 Å². The van der Waals surface area contributed by atoms with Gasteiger partial charge in [-0.25, -0.2) is 0 Å². The fourth-order valence-electron chi connectivity index (χ4n) is 1.61. The molecule has 0 aliphatic carbocycles. The number of carbonyl (C=O) groups excluding carboxylic acids is 4. The van der Waals surface area contributed by atoms with Crippen molar-refractivity contribution in [2.75, 3.05) is 7.05 Å². The third kappa shape index (κ3) is 6.53. The molecule has 126 valence electrons. The van der Waals surface area contributed by atoms with Crippen molar-refractivity contribution in [2.45, 2.75) is 51.9 Å². The normalized spacial score (nSPS) is 15.7. The van der Waals surface area contributed by atoms with Gasteiger partial charge in [-0.2, -0.15) is 0 Å². The molecule has 0 aromatic heterocycles. The number of likely N-dealkylation sites (N-methyl/N-ethyl adjacent to an activating group) is 1. The van der Waals surface area contributed by atoms with E-state index < -0.39 is 42.0 Å². The lowest BCUT2D eigenvalue weighted by Crippen LogP contribution is -2.57. The number of nitrogens with one attached hydrogen (secondary N) is 4. The average molecular weight is 316 g/mol. The summed E-state index contributed by atoms with van der Waals surface area (Å²) in [5, 5.41) is 19.0. The van der Waals surface area contributed by atoms with E-state index in [9.17, 15) is 24.3 Å². The van der Waals surface area contributed by atoms with Crippen LogP contribution >= 0.6 is 0 Å². The van der Waals surface area contributed by atoms with Crippen LogP contribution < -0.4 is 21.3 Å². The second-order valence-electron chi connectivity index (χ2n) is 4.99. The fraction of sp³-hybridized carbons (Fsp3) is 0.692. The molecular weight excluding hydrogens is 292 g/mol. The smallest absolute Gasteiger partial charge is 0.245 e. The van der Waals surface area contributed by atoms with Gasteiger partial charge in [-0.3, -0.25) is 19.2 Å². The number of amides is 4. The Hall–Kier alpha value is -2.16. The summed E-state index contributed by atoms with van der Waals surface area (Å²) < 4.78 is 0. The van der Waals surface area contributed by atoms with Crippen LogP contribution in [0.25, 0.3) is 0 Å². The number of aliphatic hydroxyl groups is 1. The van der Waals surface area contributed by atoms with E-state index in [1.807, 2.05) is 0 Å². The summed E-state index contributed by atoms with van der Waals surface area (Å²) in [7, 11) is 1.44. The summed E-state index contributed by atoms with van der Waals surface area (Å²) >= 11 is 0. The first kappa shape index (κ1) is 19.8. The van der Waals surface area contributed by atoms with Crippen LogP contribution in [-0.2, 0) is 19.2 Å². The predicted molar refractivity (Wildman–Crippen MR) is 78.6 cm³/mol. The second-order valence-corrected chi connectivity index (χ2v) is 4.99. The molecule has 9 heteroatoms. The summed E-state index contributed by atoms with van der Waals surface area (Å²) in [5.74, 6) is -2.10. The molecule has 9 nitrogen and oxygen atoms in total. The van der Waals surface area contributed by atoms with E-state index in [0.717, 1.165) is 0 Å². The highest BCUT2D eigenvalue weighted by Crippen LogP contribution is 1.96. The molecule has 0 unspecified atom stereocenters. The molecule has 0 bridgehead atoms. The van der Waals surface area contributed by atoms with E-state index in [0.29, 0.717) is 0 Å². The van der Waals surface area contributed by atoms with Crippen LogP contribution in [0.1, 0.15) is 27.7 Å². The highest BCUT2D eigenvalue weighted by atomic mass is 16.3. The van der Waals surface area contributed by atoms with Crippen LogP contribution in [0.4, 0.5) is 0 Å². The predicted octanol–water partition coefficient (Wildman–Crippen LogP) is -2.37. The number of carbonyl (C=O) groups is 4. The third-order valence-electron chi connectivity index (χ3n) is 2.87. The first-order chi connectivity index (χ1) is 10.1. The van der Waals surface area contributed by atoms with Crippen molar-refractivity contribution in [1.29, 1.82) is 0 Å². The van der Waals surface area contributed by atoms with Gasteiger partial charge in [-0.05, 0) is 20.8 Å². The molecule has 4 atom stereocenters. The van der Waals surface area contributed by atoms with Crippen molar-refractivity contribution >= 4 is 23.6 Å². The van der Waals surface area contributed by atoms with E-state index in [4.69, 9.17) is 0 Å². The largest absolute Gasteiger partial charge is 0.391 e. The van der Waals surface area contributed by atoms with Crippen molar-refractivity contribution in [3.05, 3.63) is 0 Å². The van der Waals surface area contributed by atoms with Gasteiger partial charge in [0.1, 0.15) is 18.1 Å². The van der Waals surface area contributed by atoms with Gasteiger partial charge in [0, 0.05) is 14.0 Å². The molecule has 5 N–H and O–H groups in total. The fourth-order valence-corrected chi connectivity index (χ4v) is 1.61. The van der Waals surface area contributed by atoms with Gasteiger partial charge in [0.15, 0.2) is 0 Å². The molecule has 0 aliphatic rings. The quantitative estimate of drug-likeness (QED) is 0.357. The Bertz CT molecular complexity index is 438. The van der Waals surface area contributed by atoms with Crippen LogP contribution in [0, 0.1) is 0 Å². The zero-order valence-corrected chi connectivity index (χ0v) is 13.4. The van der Waals surface area contributed by atoms with Gasteiger partial charge in [0.05, 0.1) is 6.10 Å². The minimum absolute atomic E-state index is 0.369. The molecule has 0 aliphatic heterocycles. The average Bonchev–Trinajstić information content (AvgIpc) is 2.42. The number of aliphatic hydroxyl groups excluding tert-OH is 1. The molecule has 4 amide bonds. The highest BCUT2D eigenvalue weighted by molar-refractivity contribution is 5.93. The van der Waals surface area contributed by atoms with Crippen LogP contribution in [-0.4, -0.2) is 60.0 Å². The van der Waals surface area contributed by atoms with Crippen molar-refractivity contribution in [3.63, 3.8) is 0 Å². The van der Waals surface area contributed by atoms with Gasteiger partial charge >= 0.3 is 0 Å².